The molecule has 1 spiro atoms. The Morgan fingerprint density at radius 3 is 2.45 bits per heavy atom. The molecule has 1 amide bonds. The predicted molar refractivity (Wildman–Crippen MR) is 94.5 cm³/mol. The number of likely N-dealkylation sites (tertiary alicyclic amines) is 1. The number of methoxy groups -OCH3 is 1. The van der Waals surface area contributed by atoms with E-state index in [2.05, 4.69) is 4.90 Å². The number of halogens is 3. The molecule has 11 heteroatoms. The monoisotopic (exact) mass is 422 g/mol. The van der Waals surface area contributed by atoms with Crippen molar-refractivity contribution in [3.8, 4) is 0 Å². The van der Waals surface area contributed by atoms with Crippen LogP contribution in [0.1, 0.15) is 23.4 Å². The van der Waals surface area contributed by atoms with Crippen LogP contribution in [0.3, 0.4) is 0 Å². The number of hydrogen-bond donors (Lipinski definition) is 1. The topological polar surface area (TPSA) is 92.5 Å². The highest BCUT2D eigenvalue weighted by atomic mass is 19.4. The molecule has 3 rings (SSSR count). The number of ether oxygens (including phenoxy) is 2. The van der Waals surface area contributed by atoms with E-state index in [1.165, 1.54) is 6.26 Å². The van der Waals surface area contributed by atoms with E-state index in [0.29, 0.717) is 25.5 Å². The largest absolute Gasteiger partial charge is 0.490 e. The zero-order valence-electron chi connectivity index (χ0n) is 16.1. The molecule has 2 saturated heterocycles. The van der Waals surface area contributed by atoms with Crippen LogP contribution in [0.4, 0.5) is 13.2 Å². The van der Waals surface area contributed by atoms with Gasteiger partial charge in [0, 0.05) is 33.3 Å². The fourth-order valence-electron chi connectivity index (χ4n) is 3.28. The number of furan rings is 1. The zero-order chi connectivity index (χ0) is 21.5. The molecule has 0 saturated carbocycles. The van der Waals surface area contributed by atoms with Gasteiger partial charge in [0.15, 0.2) is 5.76 Å². The molecule has 2 aliphatic heterocycles. The average molecular weight is 422 g/mol. The molecule has 0 unspecified atom stereocenters. The molecular weight excluding hydrogens is 397 g/mol. The van der Waals surface area contributed by atoms with E-state index < -0.39 is 12.1 Å². The highest BCUT2D eigenvalue weighted by molar-refractivity contribution is 5.91. The van der Waals surface area contributed by atoms with Crippen LogP contribution in [-0.2, 0) is 14.3 Å². The molecule has 29 heavy (non-hydrogen) atoms. The van der Waals surface area contributed by atoms with Crippen LogP contribution >= 0.6 is 0 Å². The Bertz CT molecular complexity index is 657. The van der Waals surface area contributed by atoms with Crippen molar-refractivity contribution in [3.63, 3.8) is 0 Å². The Morgan fingerprint density at radius 1 is 1.28 bits per heavy atom. The third-order valence-electron chi connectivity index (χ3n) is 4.89. The van der Waals surface area contributed by atoms with E-state index in [4.69, 9.17) is 23.8 Å². The van der Waals surface area contributed by atoms with Crippen molar-refractivity contribution in [1.82, 2.24) is 9.80 Å². The predicted octanol–water partition coefficient (Wildman–Crippen LogP) is 1.87. The van der Waals surface area contributed by atoms with E-state index in [0.717, 1.165) is 39.1 Å². The van der Waals surface area contributed by atoms with Crippen molar-refractivity contribution in [2.75, 3.05) is 53.0 Å². The summed E-state index contributed by atoms with van der Waals surface area (Å²) in [5, 5.41) is 7.12. The molecule has 1 aromatic heterocycles. The minimum atomic E-state index is -5.08. The van der Waals surface area contributed by atoms with Gasteiger partial charge in [-0.25, -0.2) is 4.79 Å². The Hall–Kier alpha value is -2.11. The molecule has 164 valence electrons. The molecule has 0 radical (unpaired) electrons. The summed E-state index contributed by atoms with van der Waals surface area (Å²) in [6.07, 6.45) is -1.63. The molecule has 1 aromatic rings. The lowest BCUT2D eigenvalue weighted by molar-refractivity contribution is -0.192. The van der Waals surface area contributed by atoms with Crippen LogP contribution in [0.25, 0.3) is 0 Å². The van der Waals surface area contributed by atoms with Crippen LogP contribution in [0.15, 0.2) is 22.8 Å². The second kappa shape index (κ2) is 10.1. The molecule has 0 atom stereocenters. The van der Waals surface area contributed by atoms with Crippen molar-refractivity contribution < 1.29 is 41.8 Å². The lowest BCUT2D eigenvalue weighted by Gasteiger charge is -2.47. The van der Waals surface area contributed by atoms with Gasteiger partial charge in [-0.1, -0.05) is 0 Å². The van der Waals surface area contributed by atoms with Crippen molar-refractivity contribution in [1.29, 1.82) is 0 Å². The molecule has 8 nitrogen and oxygen atoms in total. The van der Waals surface area contributed by atoms with E-state index in [-0.39, 0.29) is 11.5 Å². The highest BCUT2D eigenvalue weighted by Gasteiger charge is 2.41. The number of carbonyl (C=O) groups is 2. The number of alkyl halides is 3. The zero-order valence-corrected chi connectivity index (χ0v) is 16.1. The van der Waals surface area contributed by atoms with Crippen molar-refractivity contribution in [3.05, 3.63) is 24.2 Å². The van der Waals surface area contributed by atoms with Crippen LogP contribution in [-0.4, -0.2) is 91.6 Å². The van der Waals surface area contributed by atoms with Crippen molar-refractivity contribution in [2.24, 2.45) is 0 Å². The molecule has 1 N–H and O–H groups in total. The maximum absolute atomic E-state index is 12.4. The maximum atomic E-state index is 12.4. The smallest absolute Gasteiger partial charge is 0.475 e. The molecule has 2 fully saturated rings. The summed E-state index contributed by atoms with van der Waals surface area (Å²) < 4.78 is 48.2. The van der Waals surface area contributed by atoms with Gasteiger partial charge < -0.3 is 28.8 Å². The minimum absolute atomic E-state index is 0.0329. The number of hydrogen-bond acceptors (Lipinski definition) is 6. The number of piperidine rings is 1. The maximum Gasteiger partial charge on any atom is 0.490 e. The first-order valence-electron chi connectivity index (χ1n) is 9.15. The summed E-state index contributed by atoms with van der Waals surface area (Å²) >= 11 is 0. The minimum Gasteiger partial charge on any atom is -0.475 e. The second-order valence-electron chi connectivity index (χ2n) is 6.87. The number of nitrogens with zero attached hydrogens (tertiary/aromatic N) is 2. The lowest BCUT2D eigenvalue weighted by Crippen LogP contribution is -2.58. The standard InChI is InChI=1S/C16H24N2O4.C2HF3O2/c1-20-11-8-17-6-4-16(5-7-17)13-18(9-12-22-16)15(19)14-3-2-10-21-14;3-2(4,5)1(6)7/h2-3,10H,4-9,11-13H2,1H3;(H,6,7). The molecule has 3 heterocycles. The molecule has 0 aliphatic carbocycles. The van der Waals surface area contributed by atoms with Gasteiger partial charge in [0.1, 0.15) is 0 Å². The molecule has 2 aliphatic rings. The second-order valence-corrected chi connectivity index (χ2v) is 6.87. The summed E-state index contributed by atoms with van der Waals surface area (Å²) in [7, 11) is 1.73. The van der Waals surface area contributed by atoms with Crippen LogP contribution in [0.5, 0.6) is 0 Å². The van der Waals surface area contributed by atoms with Crippen molar-refractivity contribution in [2.45, 2.75) is 24.6 Å². The highest BCUT2D eigenvalue weighted by Crippen LogP contribution is 2.30. The molecular formula is C18H25F3N2O6. The number of carboxylic acid groups (broad SMARTS) is 1. The number of carboxylic acids is 1. The summed E-state index contributed by atoms with van der Waals surface area (Å²) in [6, 6.07) is 3.47. The summed E-state index contributed by atoms with van der Waals surface area (Å²) in [5.74, 6) is -2.38. The summed E-state index contributed by atoms with van der Waals surface area (Å²) in [4.78, 5) is 25.6. The SMILES string of the molecule is COCCN1CCC2(CC1)CN(C(=O)c1ccco1)CCO2.O=C(O)C(F)(F)F. The Morgan fingerprint density at radius 2 is 1.93 bits per heavy atom. The van der Waals surface area contributed by atoms with E-state index in [1.54, 1.807) is 19.2 Å². The number of rotatable bonds is 4. The Labute approximate surface area is 166 Å². The summed E-state index contributed by atoms with van der Waals surface area (Å²) in [6.45, 7) is 5.60. The van der Waals surface area contributed by atoms with Gasteiger partial charge in [-0.15, -0.1) is 0 Å². The van der Waals surface area contributed by atoms with Crippen LogP contribution in [0, 0.1) is 0 Å². The first-order chi connectivity index (χ1) is 13.7. The van der Waals surface area contributed by atoms with Gasteiger partial charge in [0.05, 0.1) is 31.6 Å². The van der Waals surface area contributed by atoms with E-state index in [9.17, 15) is 18.0 Å². The van der Waals surface area contributed by atoms with Crippen LogP contribution < -0.4 is 0 Å². The van der Waals surface area contributed by atoms with Crippen molar-refractivity contribution >= 4 is 11.9 Å². The Balaban J connectivity index is 0.000000370. The summed E-state index contributed by atoms with van der Waals surface area (Å²) in [5.41, 5.74) is -0.190. The fraction of sp³-hybridized carbons (Fsp3) is 0.667. The molecule has 0 aromatic carbocycles. The van der Waals surface area contributed by atoms with Gasteiger partial charge in [0.25, 0.3) is 5.91 Å². The molecule has 0 bridgehead atoms. The third kappa shape index (κ3) is 6.72. The number of morpholine rings is 1. The fourth-order valence-corrected chi connectivity index (χ4v) is 3.28. The van der Waals surface area contributed by atoms with E-state index in [1.807, 2.05) is 4.90 Å². The van der Waals surface area contributed by atoms with E-state index >= 15 is 0 Å². The van der Waals surface area contributed by atoms with Gasteiger partial charge in [-0.3, -0.25) is 4.79 Å². The van der Waals surface area contributed by atoms with Gasteiger partial charge in [0.2, 0.25) is 0 Å². The van der Waals surface area contributed by atoms with Crippen LogP contribution in [0.2, 0.25) is 0 Å². The average Bonchev–Trinajstić information content (AvgIpc) is 3.22. The van der Waals surface area contributed by atoms with Gasteiger partial charge in [-0.05, 0) is 25.0 Å². The lowest BCUT2D eigenvalue weighted by atomic mass is 9.89. The first-order valence-corrected chi connectivity index (χ1v) is 9.15. The first kappa shape index (κ1) is 23.2. The normalized spacial score (nSPS) is 19.5. The van der Waals surface area contributed by atoms with Gasteiger partial charge >= 0.3 is 12.1 Å². The Kier molecular flexibility index (Phi) is 8.05. The number of amides is 1. The number of aliphatic carboxylic acids is 1. The number of carbonyl (C=O) groups excluding carboxylic acids is 1. The van der Waals surface area contributed by atoms with Gasteiger partial charge in [-0.2, -0.15) is 13.2 Å². The quantitative estimate of drug-likeness (QED) is 0.792. The third-order valence-corrected chi connectivity index (χ3v) is 4.89.